The molecular formula is C11H11N5O3S2. The maximum atomic E-state index is 11.9. The molecule has 0 aliphatic heterocycles. The number of amides is 1. The highest BCUT2D eigenvalue weighted by molar-refractivity contribution is 7.92. The SMILES string of the molecule is CS(=O)(=O)c1nnc(NC(=O)C(=N)c2ccccc2N)s1. The van der Waals surface area contributed by atoms with E-state index in [9.17, 15) is 13.2 Å². The first-order valence-corrected chi connectivity index (χ1v) is 8.28. The van der Waals surface area contributed by atoms with Crippen LogP contribution in [0.25, 0.3) is 0 Å². The van der Waals surface area contributed by atoms with Gasteiger partial charge in [0.15, 0.2) is 0 Å². The minimum absolute atomic E-state index is 0.000299. The van der Waals surface area contributed by atoms with Gasteiger partial charge in [0.1, 0.15) is 5.71 Å². The Hall–Kier alpha value is -2.33. The monoisotopic (exact) mass is 325 g/mol. The van der Waals surface area contributed by atoms with Crippen molar-refractivity contribution in [1.82, 2.24) is 10.2 Å². The van der Waals surface area contributed by atoms with Crippen LogP contribution in [0, 0.1) is 5.41 Å². The first-order valence-electron chi connectivity index (χ1n) is 5.57. The van der Waals surface area contributed by atoms with Crippen molar-refractivity contribution in [1.29, 1.82) is 5.41 Å². The van der Waals surface area contributed by atoms with Gasteiger partial charge in [0.25, 0.3) is 5.91 Å². The molecule has 0 bridgehead atoms. The van der Waals surface area contributed by atoms with Gasteiger partial charge in [0.05, 0.1) is 0 Å². The minimum atomic E-state index is -3.48. The third kappa shape index (κ3) is 3.41. The highest BCUT2D eigenvalue weighted by atomic mass is 32.2. The third-order valence-corrected chi connectivity index (χ3v) is 4.91. The Morgan fingerprint density at radius 1 is 1.33 bits per heavy atom. The van der Waals surface area contributed by atoms with Gasteiger partial charge < -0.3 is 5.73 Å². The Kier molecular flexibility index (Phi) is 4.00. The Labute approximate surface area is 124 Å². The van der Waals surface area contributed by atoms with Crippen molar-refractivity contribution in [3.63, 3.8) is 0 Å². The number of hydrogen-bond acceptors (Lipinski definition) is 8. The molecule has 0 unspecified atom stereocenters. The highest BCUT2D eigenvalue weighted by Crippen LogP contribution is 2.20. The van der Waals surface area contributed by atoms with Gasteiger partial charge >= 0.3 is 0 Å². The molecule has 4 N–H and O–H groups in total. The summed E-state index contributed by atoms with van der Waals surface area (Å²) >= 11 is 0.715. The molecule has 0 radical (unpaired) electrons. The van der Waals surface area contributed by atoms with Crippen molar-refractivity contribution in [2.24, 2.45) is 0 Å². The molecular weight excluding hydrogens is 314 g/mol. The summed E-state index contributed by atoms with van der Waals surface area (Å²) in [7, 11) is -3.48. The zero-order chi connectivity index (χ0) is 15.6. The molecule has 2 aromatic rings. The summed E-state index contributed by atoms with van der Waals surface area (Å²) in [5, 5.41) is 17.1. The molecule has 8 nitrogen and oxygen atoms in total. The van der Waals surface area contributed by atoms with Crippen LogP contribution in [0.5, 0.6) is 0 Å². The van der Waals surface area contributed by atoms with E-state index in [1.165, 1.54) is 0 Å². The lowest BCUT2D eigenvalue weighted by atomic mass is 10.1. The number of hydrogen-bond donors (Lipinski definition) is 3. The van der Waals surface area contributed by atoms with Gasteiger partial charge in [-0.25, -0.2) is 8.42 Å². The van der Waals surface area contributed by atoms with Crippen molar-refractivity contribution >= 4 is 43.6 Å². The number of aromatic nitrogens is 2. The van der Waals surface area contributed by atoms with Crippen LogP contribution in [-0.2, 0) is 14.6 Å². The quantitative estimate of drug-likeness (QED) is 0.426. The number of rotatable bonds is 4. The molecule has 0 saturated carbocycles. The van der Waals surface area contributed by atoms with Crippen LogP contribution < -0.4 is 11.1 Å². The standard InChI is InChI=1S/C11H11N5O3S2/c1-21(18,19)11-16-15-10(20-11)14-9(17)8(13)6-4-2-3-5-7(6)12/h2-5,13H,12H2,1H3,(H,14,15,17). The topological polar surface area (TPSA) is 139 Å². The maximum absolute atomic E-state index is 11.9. The molecule has 1 aromatic heterocycles. The number of nitrogens with one attached hydrogen (secondary N) is 2. The number of carbonyl (C=O) groups excluding carboxylic acids is 1. The largest absolute Gasteiger partial charge is 0.398 e. The minimum Gasteiger partial charge on any atom is -0.398 e. The maximum Gasteiger partial charge on any atom is 0.276 e. The smallest absolute Gasteiger partial charge is 0.276 e. The fourth-order valence-electron chi connectivity index (χ4n) is 1.42. The van der Waals surface area contributed by atoms with Crippen LogP contribution in [0.2, 0.25) is 0 Å². The first kappa shape index (κ1) is 15.1. The van der Waals surface area contributed by atoms with Crippen LogP contribution in [0.3, 0.4) is 0 Å². The Bertz CT molecular complexity index is 813. The second-order valence-corrected chi connectivity index (χ2v) is 7.23. The number of carbonyl (C=O) groups is 1. The van der Waals surface area contributed by atoms with Crippen molar-refractivity contribution in [2.75, 3.05) is 17.3 Å². The lowest BCUT2D eigenvalue weighted by Crippen LogP contribution is -2.23. The molecule has 10 heteroatoms. The normalized spacial score (nSPS) is 11.1. The van der Waals surface area contributed by atoms with Gasteiger partial charge in [-0.05, 0) is 6.07 Å². The van der Waals surface area contributed by atoms with Gasteiger partial charge in [0.2, 0.25) is 19.3 Å². The number of sulfone groups is 1. The molecule has 0 spiro atoms. The summed E-state index contributed by atoms with van der Waals surface area (Å²) in [4.78, 5) is 11.9. The van der Waals surface area contributed by atoms with Crippen molar-refractivity contribution in [2.45, 2.75) is 4.34 Å². The zero-order valence-corrected chi connectivity index (χ0v) is 12.5. The van der Waals surface area contributed by atoms with Crippen LogP contribution in [-0.4, -0.2) is 36.5 Å². The average Bonchev–Trinajstić information content (AvgIpc) is 2.87. The molecule has 1 amide bonds. The van der Waals surface area contributed by atoms with E-state index in [1.807, 2.05) is 0 Å². The van der Waals surface area contributed by atoms with Gasteiger partial charge in [-0.3, -0.25) is 15.5 Å². The lowest BCUT2D eigenvalue weighted by molar-refractivity contribution is -0.110. The highest BCUT2D eigenvalue weighted by Gasteiger charge is 2.19. The van der Waals surface area contributed by atoms with E-state index in [1.54, 1.807) is 24.3 Å². The van der Waals surface area contributed by atoms with Crippen molar-refractivity contribution < 1.29 is 13.2 Å². The lowest BCUT2D eigenvalue weighted by Gasteiger charge is -2.06. The molecule has 21 heavy (non-hydrogen) atoms. The van der Waals surface area contributed by atoms with Crippen LogP contribution >= 0.6 is 11.3 Å². The number of anilines is 2. The van der Waals surface area contributed by atoms with E-state index >= 15 is 0 Å². The van der Waals surface area contributed by atoms with E-state index in [4.69, 9.17) is 11.1 Å². The molecule has 1 aromatic carbocycles. The van der Waals surface area contributed by atoms with Crippen LogP contribution in [0.15, 0.2) is 28.6 Å². The average molecular weight is 325 g/mol. The number of nitrogens with zero attached hydrogens (tertiary/aromatic N) is 2. The molecule has 0 aliphatic rings. The summed E-state index contributed by atoms with van der Waals surface area (Å²) in [6, 6.07) is 6.45. The molecule has 0 atom stereocenters. The number of nitrogen functional groups attached to an aromatic ring is 1. The molecule has 1 heterocycles. The molecule has 0 aliphatic carbocycles. The Balaban J connectivity index is 2.17. The summed E-state index contributed by atoms with van der Waals surface area (Å²) < 4.78 is 22.3. The third-order valence-electron chi connectivity index (χ3n) is 2.40. The van der Waals surface area contributed by atoms with E-state index in [0.29, 0.717) is 17.0 Å². The van der Waals surface area contributed by atoms with Gasteiger partial charge in [-0.15, -0.1) is 10.2 Å². The Morgan fingerprint density at radius 3 is 2.57 bits per heavy atom. The summed E-state index contributed by atoms with van der Waals surface area (Å²) in [6.45, 7) is 0. The van der Waals surface area contributed by atoms with Gasteiger partial charge in [-0.2, -0.15) is 0 Å². The fraction of sp³-hybridized carbons (Fsp3) is 0.0909. The van der Waals surface area contributed by atoms with E-state index in [0.717, 1.165) is 6.26 Å². The predicted octanol–water partition coefficient (Wildman–Crippen LogP) is 0.530. The second kappa shape index (κ2) is 5.58. The van der Waals surface area contributed by atoms with Crippen molar-refractivity contribution in [3.05, 3.63) is 29.8 Å². The van der Waals surface area contributed by atoms with E-state index < -0.39 is 15.7 Å². The molecule has 0 fully saturated rings. The first-order chi connectivity index (χ1) is 9.79. The van der Waals surface area contributed by atoms with Gasteiger partial charge in [0, 0.05) is 17.5 Å². The Morgan fingerprint density at radius 2 is 2.00 bits per heavy atom. The number of benzene rings is 1. The van der Waals surface area contributed by atoms with E-state index in [-0.39, 0.29) is 20.7 Å². The van der Waals surface area contributed by atoms with Crippen LogP contribution in [0.1, 0.15) is 5.56 Å². The van der Waals surface area contributed by atoms with Crippen LogP contribution in [0.4, 0.5) is 10.8 Å². The number of para-hydroxylation sites is 1. The summed E-state index contributed by atoms with van der Waals surface area (Å²) in [6.07, 6.45) is 0.992. The number of nitrogens with two attached hydrogens (primary N) is 1. The van der Waals surface area contributed by atoms with E-state index in [2.05, 4.69) is 15.5 Å². The zero-order valence-electron chi connectivity index (χ0n) is 10.8. The summed E-state index contributed by atoms with van der Waals surface area (Å²) in [5.74, 6) is -0.746. The predicted molar refractivity (Wildman–Crippen MR) is 79.3 cm³/mol. The molecule has 0 saturated heterocycles. The fourth-order valence-corrected chi connectivity index (χ4v) is 2.92. The van der Waals surface area contributed by atoms with Crippen molar-refractivity contribution in [3.8, 4) is 0 Å². The van der Waals surface area contributed by atoms with Gasteiger partial charge in [-0.1, -0.05) is 29.5 Å². The molecule has 110 valence electrons. The summed E-state index contributed by atoms with van der Waals surface area (Å²) in [5.41, 5.74) is 5.92. The second-order valence-electron chi connectivity index (χ2n) is 4.06. The molecule has 2 rings (SSSR count).